The molecular weight excluding hydrogens is 150 g/mol. The summed E-state index contributed by atoms with van der Waals surface area (Å²) < 4.78 is 5.65. The van der Waals surface area contributed by atoms with E-state index in [1.165, 1.54) is 0 Å². The Morgan fingerprint density at radius 2 is 2.33 bits per heavy atom. The van der Waals surface area contributed by atoms with Gasteiger partial charge in [0, 0.05) is 17.5 Å². The number of hydrogen-bond donors (Lipinski definition) is 0. The van der Waals surface area contributed by atoms with E-state index < -0.39 is 0 Å². The van der Waals surface area contributed by atoms with E-state index >= 15 is 0 Å². The van der Waals surface area contributed by atoms with Gasteiger partial charge in [0.05, 0.1) is 13.2 Å². The summed E-state index contributed by atoms with van der Waals surface area (Å²) >= 11 is 0. The first kappa shape index (κ1) is 5.61. The molecule has 0 amide bonds. The van der Waals surface area contributed by atoms with Crippen LogP contribution in [-0.4, -0.2) is 37.2 Å². The van der Waals surface area contributed by atoms with Gasteiger partial charge >= 0.3 is 0 Å². The molecule has 0 aromatic carbocycles. The van der Waals surface area contributed by atoms with Crippen LogP contribution in [0.3, 0.4) is 0 Å². The van der Waals surface area contributed by atoms with Gasteiger partial charge in [-0.05, 0) is 30.7 Å². The van der Waals surface area contributed by atoms with Crippen LogP contribution in [0.4, 0.5) is 0 Å². The normalized spacial score (nSPS) is 80.8. The molecule has 0 aromatic heterocycles. The first-order valence-corrected chi connectivity index (χ1v) is 5.13. The van der Waals surface area contributed by atoms with Crippen molar-refractivity contribution in [1.29, 1.82) is 0 Å². The zero-order chi connectivity index (χ0) is 7.72. The van der Waals surface area contributed by atoms with Crippen LogP contribution < -0.4 is 0 Å². The van der Waals surface area contributed by atoms with Gasteiger partial charge in [-0.3, -0.25) is 4.90 Å². The highest BCUT2D eigenvalue weighted by Gasteiger charge is 3.02. The molecule has 64 valence electrons. The van der Waals surface area contributed by atoms with E-state index in [2.05, 4.69) is 11.9 Å². The maximum Gasteiger partial charge on any atom is 0.0629 e. The zero-order valence-electron chi connectivity index (χ0n) is 7.29. The molecule has 6 atom stereocenters. The third kappa shape index (κ3) is 0.252. The summed E-state index contributed by atoms with van der Waals surface area (Å²) in [4.78, 5) is 2.61. The largest absolute Gasteiger partial charge is 0.379 e. The fraction of sp³-hybridized carbons (Fsp3) is 1.00. The Morgan fingerprint density at radius 1 is 1.42 bits per heavy atom. The molecule has 5 aliphatic rings. The molecule has 3 saturated carbocycles. The average Bonchev–Trinajstić information content (AvgIpc) is 2.77. The summed E-state index contributed by atoms with van der Waals surface area (Å²) in [5.74, 6) is 2.27. The summed E-state index contributed by atoms with van der Waals surface area (Å²) in [5, 5.41) is 0. The van der Waals surface area contributed by atoms with Crippen molar-refractivity contribution in [3.63, 3.8) is 0 Å². The Kier molecular flexibility index (Phi) is 0.525. The lowest BCUT2D eigenvalue weighted by molar-refractivity contribution is -0.212. The number of rotatable bonds is 0. The molecule has 2 aliphatic heterocycles. The molecule has 6 unspecified atom stereocenters. The van der Waals surface area contributed by atoms with Crippen molar-refractivity contribution in [2.45, 2.75) is 18.5 Å². The fourth-order valence-corrected chi connectivity index (χ4v) is 5.39. The van der Waals surface area contributed by atoms with Crippen LogP contribution in [-0.2, 0) is 4.74 Å². The number of likely N-dealkylation sites (N-methyl/N-ethyl adjacent to an activating group) is 1. The van der Waals surface area contributed by atoms with Crippen LogP contribution in [0.15, 0.2) is 0 Å². The van der Waals surface area contributed by atoms with Gasteiger partial charge < -0.3 is 4.74 Å². The van der Waals surface area contributed by atoms with Crippen LogP contribution in [0.25, 0.3) is 0 Å². The van der Waals surface area contributed by atoms with Gasteiger partial charge in [-0.2, -0.15) is 0 Å². The van der Waals surface area contributed by atoms with Crippen molar-refractivity contribution >= 4 is 0 Å². The zero-order valence-corrected chi connectivity index (χ0v) is 7.29. The Morgan fingerprint density at radius 3 is 3.17 bits per heavy atom. The molecule has 0 aromatic rings. The molecule has 2 saturated heterocycles. The summed E-state index contributed by atoms with van der Waals surface area (Å²) in [6.07, 6.45) is 1.56. The average molecular weight is 163 g/mol. The first-order chi connectivity index (χ1) is 5.83. The minimum atomic E-state index is 0.692. The molecule has 2 nitrogen and oxygen atoms in total. The van der Waals surface area contributed by atoms with Gasteiger partial charge in [0.1, 0.15) is 0 Å². The van der Waals surface area contributed by atoms with E-state index in [1.807, 2.05) is 0 Å². The van der Waals surface area contributed by atoms with Crippen LogP contribution in [0.1, 0.15) is 6.42 Å². The smallest absolute Gasteiger partial charge is 0.0629 e. The van der Waals surface area contributed by atoms with E-state index in [1.54, 1.807) is 6.42 Å². The van der Waals surface area contributed by atoms with E-state index in [0.29, 0.717) is 5.41 Å². The lowest BCUT2D eigenvalue weighted by Crippen LogP contribution is -2.79. The predicted molar refractivity (Wildman–Crippen MR) is 42.6 cm³/mol. The molecule has 5 rings (SSSR count). The van der Waals surface area contributed by atoms with E-state index in [-0.39, 0.29) is 0 Å². The number of likely N-dealkylation sites (tertiary alicyclic amines) is 1. The van der Waals surface area contributed by atoms with Gasteiger partial charge in [0.2, 0.25) is 0 Å². The third-order valence-electron chi connectivity index (χ3n) is 5.72. The van der Waals surface area contributed by atoms with Crippen molar-refractivity contribution in [3.8, 4) is 0 Å². The second kappa shape index (κ2) is 1.12. The lowest BCUT2D eigenvalue weighted by Gasteiger charge is -2.69. The highest BCUT2D eigenvalue weighted by Crippen LogP contribution is 2.99. The molecule has 2 spiro atoms. The van der Waals surface area contributed by atoms with Crippen LogP contribution in [0.2, 0.25) is 0 Å². The van der Waals surface area contributed by atoms with Gasteiger partial charge in [-0.25, -0.2) is 0 Å². The second-order valence-corrected chi connectivity index (χ2v) is 5.61. The quantitative estimate of drug-likeness (QED) is 0.510. The van der Waals surface area contributed by atoms with Gasteiger partial charge in [-0.15, -0.1) is 0 Å². The van der Waals surface area contributed by atoms with Gasteiger partial charge in [0.15, 0.2) is 0 Å². The molecule has 0 bridgehead atoms. The Balaban J connectivity index is 1.70. The monoisotopic (exact) mass is 163 g/mol. The highest BCUT2D eigenvalue weighted by molar-refractivity contribution is 5.51. The topological polar surface area (TPSA) is 12.5 Å². The molecule has 0 N–H and O–H groups in total. The number of piperidine rings is 1. The lowest BCUT2D eigenvalue weighted by atomic mass is 9.48. The number of nitrogens with zero attached hydrogens (tertiary/aromatic N) is 1. The van der Waals surface area contributed by atoms with Crippen LogP contribution >= 0.6 is 0 Å². The van der Waals surface area contributed by atoms with Crippen LogP contribution in [0, 0.1) is 22.7 Å². The van der Waals surface area contributed by atoms with Crippen molar-refractivity contribution < 1.29 is 4.74 Å². The molecule has 3 aliphatic carbocycles. The molecule has 5 fully saturated rings. The van der Waals surface area contributed by atoms with Crippen molar-refractivity contribution in [3.05, 3.63) is 0 Å². The molecule has 2 heteroatoms. The predicted octanol–water partition coefficient (Wildman–Crippen LogP) is 0.335. The van der Waals surface area contributed by atoms with E-state index in [4.69, 9.17) is 4.74 Å². The standard InChI is InChI=1S/C10H13NO/c1-11-6-3-12-4-10(6)7-5-2-9(5,7)8(10)11/h5-8H,2-4H2,1H3. The maximum atomic E-state index is 5.65. The first-order valence-electron chi connectivity index (χ1n) is 5.13. The summed E-state index contributed by atoms with van der Waals surface area (Å²) in [5.41, 5.74) is 1.57. The van der Waals surface area contributed by atoms with Crippen molar-refractivity contribution in [2.24, 2.45) is 22.7 Å². The minimum absolute atomic E-state index is 0.692. The van der Waals surface area contributed by atoms with Gasteiger partial charge in [0.25, 0.3) is 0 Å². The van der Waals surface area contributed by atoms with E-state index in [0.717, 1.165) is 42.5 Å². The summed E-state index contributed by atoms with van der Waals surface area (Å²) in [6.45, 7) is 2.11. The Labute approximate surface area is 71.9 Å². The van der Waals surface area contributed by atoms with E-state index in [9.17, 15) is 0 Å². The van der Waals surface area contributed by atoms with Gasteiger partial charge in [-0.1, -0.05) is 0 Å². The maximum absolute atomic E-state index is 5.65. The Hall–Kier alpha value is -0.0800. The van der Waals surface area contributed by atoms with Crippen LogP contribution in [0.5, 0.6) is 0 Å². The number of ether oxygens (including phenoxy) is 1. The highest BCUT2D eigenvalue weighted by atomic mass is 16.5. The number of hydrogen-bond acceptors (Lipinski definition) is 2. The minimum Gasteiger partial charge on any atom is -0.379 e. The molecular formula is C10H13NO. The SMILES string of the molecule is CN1C2COCC23C2C4CC42C13. The summed E-state index contributed by atoms with van der Waals surface area (Å²) in [6, 6.07) is 1.76. The van der Waals surface area contributed by atoms with Crippen molar-refractivity contribution in [2.75, 3.05) is 20.3 Å². The molecule has 0 radical (unpaired) electrons. The second-order valence-electron chi connectivity index (χ2n) is 5.61. The number of fused-ring (bicyclic) bond motifs is 1. The Bertz CT molecular complexity index is 317. The molecule has 12 heavy (non-hydrogen) atoms. The third-order valence-corrected chi connectivity index (χ3v) is 5.72. The fourth-order valence-electron chi connectivity index (χ4n) is 5.39. The summed E-state index contributed by atoms with van der Waals surface area (Å²) in [7, 11) is 2.31. The molecule has 2 heterocycles. The van der Waals surface area contributed by atoms with Crippen molar-refractivity contribution in [1.82, 2.24) is 4.90 Å².